The lowest BCUT2D eigenvalue weighted by Crippen LogP contribution is -2.10. The molecule has 0 spiro atoms. The molecule has 0 fully saturated rings. The number of carboxylic acid groups (broad SMARTS) is 3. The summed E-state index contributed by atoms with van der Waals surface area (Å²) in [5, 5.41) is 26.8. The first-order chi connectivity index (χ1) is 12.7. The molecule has 0 radical (unpaired) electrons. The van der Waals surface area contributed by atoms with E-state index in [9.17, 15) is 19.5 Å². The maximum Gasteiger partial charge on any atom is 0.349 e. The number of methoxy groups -OCH3 is 1. The lowest BCUT2D eigenvalue weighted by atomic mass is 10.1. The second kappa shape index (κ2) is 8.56. The number of aromatic carboxylic acids is 1. The van der Waals surface area contributed by atoms with E-state index in [1.54, 1.807) is 18.2 Å². The summed E-state index contributed by atoms with van der Waals surface area (Å²) in [6, 6.07) is 4.76. The van der Waals surface area contributed by atoms with Crippen molar-refractivity contribution >= 4 is 46.9 Å². The number of carboxylic acids is 3. The van der Waals surface area contributed by atoms with E-state index in [-0.39, 0.29) is 15.6 Å². The predicted molar refractivity (Wildman–Crippen MR) is 98.1 cm³/mol. The number of aliphatic carboxylic acids is 2. The molecule has 10 heteroatoms. The van der Waals surface area contributed by atoms with Gasteiger partial charge in [-0.3, -0.25) is 0 Å². The third-order valence-corrected chi connectivity index (χ3v) is 4.92. The van der Waals surface area contributed by atoms with E-state index in [0.29, 0.717) is 21.8 Å². The molecule has 0 bridgehead atoms. The van der Waals surface area contributed by atoms with Gasteiger partial charge in [0.15, 0.2) is 17.2 Å². The molecule has 1 aromatic heterocycles. The highest BCUT2D eigenvalue weighted by Crippen LogP contribution is 2.46. The third kappa shape index (κ3) is 4.78. The van der Waals surface area contributed by atoms with Crippen molar-refractivity contribution in [1.82, 2.24) is 0 Å². The van der Waals surface area contributed by atoms with Gasteiger partial charge in [0.2, 0.25) is 0 Å². The van der Waals surface area contributed by atoms with E-state index in [4.69, 9.17) is 31.3 Å². The fourth-order valence-corrected chi connectivity index (χ4v) is 3.55. The molecule has 1 heterocycles. The van der Waals surface area contributed by atoms with Crippen molar-refractivity contribution in [2.24, 2.45) is 0 Å². The zero-order valence-corrected chi connectivity index (χ0v) is 15.3. The van der Waals surface area contributed by atoms with Gasteiger partial charge in [-0.1, -0.05) is 11.6 Å². The molecule has 3 N–H and O–H groups in total. The van der Waals surface area contributed by atoms with Gasteiger partial charge in [0.25, 0.3) is 0 Å². The average molecular weight is 413 g/mol. The van der Waals surface area contributed by atoms with Crippen LogP contribution < -0.4 is 9.47 Å². The summed E-state index contributed by atoms with van der Waals surface area (Å²) in [5.74, 6) is -3.56. The predicted octanol–water partition coefficient (Wildman–Crippen LogP) is 3.34. The molecule has 142 valence electrons. The summed E-state index contributed by atoms with van der Waals surface area (Å²) in [6.45, 7) is -0.745. The third-order valence-electron chi connectivity index (χ3n) is 3.24. The van der Waals surface area contributed by atoms with Crippen molar-refractivity contribution in [2.45, 2.75) is 0 Å². The van der Waals surface area contributed by atoms with Crippen molar-refractivity contribution in [3.8, 4) is 21.9 Å². The Morgan fingerprint density at radius 2 is 1.93 bits per heavy atom. The van der Waals surface area contributed by atoms with Crippen LogP contribution in [0.3, 0.4) is 0 Å². The molecular weight excluding hydrogens is 400 g/mol. The Morgan fingerprint density at radius 3 is 2.48 bits per heavy atom. The topological polar surface area (TPSA) is 130 Å². The van der Waals surface area contributed by atoms with Crippen molar-refractivity contribution in [2.75, 3.05) is 13.7 Å². The standard InChI is InChI=1S/C17H13ClO8S/c1-25-10-4-2-9(6-8(10)3-5-11(19)20)15-13(18)14(26-7-12(21)22)16(27-15)17(23)24/h2-6H,7H2,1H3,(H,19,20)(H,21,22)(H,23,24)/b5-3+. The van der Waals surface area contributed by atoms with Crippen LogP contribution >= 0.6 is 22.9 Å². The number of halogens is 1. The number of ether oxygens (including phenoxy) is 2. The van der Waals surface area contributed by atoms with Crippen LogP contribution in [0.4, 0.5) is 0 Å². The van der Waals surface area contributed by atoms with Gasteiger partial charge < -0.3 is 24.8 Å². The summed E-state index contributed by atoms with van der Waals surface area (Å²) in [5.41, 5.74) is 0.926. The number of carbonyl (C=O) groups is 3. The van der Waals surface area contributed by atoms with E-state index in [1.807, 2.05) is 0 Å². The number of benzene rings is 1. The van der Waals surface area contributed by atoms with Crippen LogP contribution in [-0.4, -0.2) is 46.9 Å². The molecule has 0 aliphatic rings. The highest BCUT2D eigenvalue weighted by Gasteiger charge is 2.25. The van der Waals surface area contributed by atoms with Gasteiger partial charge >= 0.3 is 17.9 Å². The average Bonchev–Trinajstić information content (AvgIpc) is 2.94. The Kier molecular flexibility index (Phi) is 6.43. The van der Waals surface area contributed by atoms with Gasteiger partial charge in [0, 0.05) is 11.6 Å². The van der Waals surface area contributed by atoms with Gasteiger partial charge in [-0.2, -0.15) is 0 Å². The minimum Gasteiger partial charge on any atom is -0.496 e. The molecule has 0 aliphatic heterocycles. The van der Waals surface area contributed by atoms with Crippen molar-refractivity contribution in [3.63, 3.8) is 0 Å². The molecule has 27 heavy (non-hydrogen) atoms. The minimum absolute atomic E-state index is 0.0445. The van der Waals surface area contributed by atoms with Crippen molar-refractivity contribution in [3.05, 3.63) is 39.7 Å². The van der Waals surface area contributed by atoms with Crippen molar-refractivity contribution < 1.29 is 39.2 Å². The van der Waals surface area contributed by atoms with Crippen molar-refractivity contribution in [1.29, 1.82) is 0 Å². The van der Waals surface area contributed by atoms with Crippen LogP contribution in [0.5, 0.6) is 11.5 Å². The van der Waals surface area contributed by atoms with Gasteiger partial charge in [0.05, 0.1) is 12.0 Å². The summed E-state index contributed by atoms with van der Waals surface area (Å²) < 4.78 is 10.2. The Hall–Kier alpha value is -3.04. The number of hydrogen-bond acceptors (Lipinski definition) is 6. The first-order valence-electron chi connectivity index (χ1n) is 7.24. The molecular formula is C17H13ClO8S. The van der Waals surface area contributed by atoms with Crippen LogP contribution in [-0.2, 0) is 9.59 Å². The number of rotatable bonds is 8. The summed E-state index contributed by atoms with van der Waals surface area (Å²) in [4.78, 5) is 33.0. The smallest absolute Gasteiger partial charge is 0.349 e. The molecule has 0 saturated carbocycles. The second-order valence-electron chi connectivity index (χ2n) is 5.02. The quantitative estimate of drug-likeness (QED) is 0.563. The fraction of sp³-hybridized carbons (Fsp3) is 0.118. The highest BCUT2D eigenvalue weighted by atomic mass is 35.5. The van der Waals surface area contributed by atoms with E-state index >= 15 is 0 Å². The zero-order valence-electron chi connectivity index (χ0n) is 13.8. The molecule has 0 unspecified atom stereocenters. The summed E-state index contributed by atoms with van der Waals surface area (Å²) >= 11 is 7.05. The first-order valence-corrected chi connectivity index (χ1v) is 8.43. The van der Waals surface area contributed by atoms with E-state index in [0.717, 1.165) is 17.4 Å². The molecule has 8 nitrogen and oxygen atoms in total. The maximum absolute atomic E-state index is 11.4. The zero-order chi connectivity index (χ0) is 20.1. The lowest BCUT2D eigenvalue weighted by Gasteiger charge is -2.07. The lowest BCUT2D eigenvalue weighted by molar-refractivity contribution is -0.139. The number of hydrogen-bond donors (Lipinski definition) is 3. The summed E-state index contributed by atoms with van der Waals surface area (Å²) in [6.07, 6.45) is 2.26. The number of thiophene rings is 1. The van der Waals surface area contributed by atoms with Gasteiger partial charge in [-0.05, 0) is 29.8 Å². The Balaban J connectivity index is 2.55. The Morgan fingerprint density at radius 1 is 1.22 bits per heavy atom. The summed E-state index contributed by atoms with van der Waals surface area (Å²) in [7, 11) is 1.42. The normalized spacial score (nSPS) is 10.7. The van der Waals surface area contributed by atoms with Gasteiger partial charge in [-0.15, -0.1) is 11.3 Å². The van der Waals surface area contributed by atoms with E-state index in [2.05, 4.69) is 0 Å². The molecule has 0 aliphatic carbocycles. The minimum atomic E-state index is -1.31. The van der Waals surface area contributed by atoms with Crippen LogP contribution in [0.2, 0.25) is 5.02 Å². The van der Waals surface area contributed by atoms with Crippen LogP contribution in [0.25, 0.3) is 16.5 Å². The monoisotopic (exact) mass is 412 g/mol. The molecule has 2 aromatic rings. The SMILES string of the molecule is COc1ccc(-c2sc(C(=O)O)c(OCC(=O)O)c2Cl)cc1/C=C/C(=O)O. The largest absolute Gasteiger partial charge is 0.496 e. The maximum atomic E-state index is 11.4. The second-order valence-corrected chi connectivity index (χ2v) is 6.42. The molecule has 1 aromatic carbocycles. The molecule has 0 atom stereocenters. The molecule has 0 amide bonds. The Bertz CT molecular complexity index is 931. The fourth-order valence-electron chi connectivity index (χ4n) is 2.15. The molecule has 2 rings (SSSR count). The van der Waals surface area contributed by atoms with Crippen LogP contribution in [0, 0.1) is 0 Å². The van der Waals surface area contributed by atoms with E-state index < -0.39 is 24.5 Å². The van der Waals surface area contributed by atoms with Crippen LogP contribution in [0.15, 0.2) is 24.3 Å². The first kappa shape index (κ1) is 20.3. The highest BCUT2D eigenvalue weighted by molar-refractivity contribution is 7.18. The Labute approximate surface area is 161 Å². The van der Waals surface area contributed by atoms with Gasteiger partial charge in [0.1, 0.15) is 10.8 Å². The van der Waals surface area contributed by atoms with Gasteiger partial charge in [-0.25, -0.2) is 14.4 Å². The molecule has 0 saturated heterocycles. The van der Waals surface area contributed by atoms with Crippen LogP contribution in [0.1, 0.15) is 15.2 Å². The van der Waals surface area contributed by atoms with E-state index in [1.165, 1.54) is 13.2 Å².